The molecule has 3 nitrogen and oxygen atoms in total. The molecular formula is C15H16BrNO2S. The standard InChI is InChI=1S/C15H16BrNO2S/c1-10-8-20-9-12(10)7-17-6-11-4-13(16)15-14(5-11)18-2-3-19-15/h4-5,8-9,17H,2-3,6-7H2,1H3. The molecule has 0 saturated carbocycles. The summed E-state index contributed by atoms with van der Waals surface area (Å²) >= 11 is 5.29. The number of rotatable bonds is 4. The first-order chi connectivity index (χ1) is 9.74. The SMILES string of the molecule is Cc1cscc1CNCc1cc(Br)c2c(c1)OCCO2. The van der Waals surface area contributed by atoms with Crippen LogP contribution < -0.4 is 14.8 Å². The zero-order chi connectivity index (χ0) is 13.9. The molecule has 0 unspecified atom stereocenters. The molecule has 3 rings (SSSR count). The molecule has 2 heterocycles. The second-order valence-electron chi connectivity index (χ2n) is 4.79. The molecule has 0 amide bonds. The summed E-state index contributed by atoms with van der Waals surface area (Å²) in [5.74, 6) is 1.64. The zero-order valence-corrected chi connectivity index (χ0v) is 13.6. The van der Waals surface area contributed by atoms with Crippen molar-refractivity contribution >= 4 is 27.3 Å². The summed E-state index contributed by atoms with van der Waals surface area (Å²) in [6.45, 7) is 5.07. The van der Waals surface area contributed by atoms with Crippen LogP contribution in [0.2, 0.25) is 0 Å². The molecule has 1 aliphatic rings. The molecule has 1 aromatic heterocycles. The van der Waals surface area contributed by atoms with Crippen molar-refractivity contribution in [3.05, 3.63) is 44.1 Å². The Morgan fingerprint density at radius 1 is 1.20 bits per heavy atom. The van der Waals surface area contributed by atoms with Crippen LogP contribution >= 0.6 is 27.3 Å². The molecule has 1 N–H and O–H groups in total. The van der Waals surface area contributed by atoms with E-state index in [1.807, 2.05) is 6.07 Å². The lowest BCUT2D eigenvalue weighted by atomic mass is 10.1. The van der Waals surface area contributed by atoms with E-state index in [1.54, 1.807) is 11.3 Å². The van der Waals surface area contributed by atoms with E-state index in [4.69, 9.17) is 9.47 Å². The van der Waals surface area contributed by atoms with Crippen molar-refractivity contribution in [1.29, 1.82) is 0 Å². The van der Waals surface area contributed by atoms with Gasteiger partial charge in [-0.15, -0.1) is 0 Å². The number of ether oxygens (including phenoxy) is 2. The van der Waals surface area contributed by atoms with E-state index >= 15 is 0 Å². The average molecular weight is 354 g/mol. The second-order valence-corrected chi connectivity index (χ2v) is 6.38. The van der Waals surface area contributed by atoms with Crippen molar-refractivity contribution in [2.75, 3.05) is 13.2 Å². The van der Waals surface area contributed by atoms with Crippen molar-refractivity contribution in [1.82, 2.24) is 5.32 Å². The van der Waals surface area contributed by atoms with Gasteiger partial charge in [-0.2, -0.15) is 11.3 Å². The first-order valence-electron chi connectivity index (χ1n) is 6.54. The lowest BCUT2D eigenvalue weighted by Crippen LogP contribution is -2.17. The Hall–Kier alpha value is -1.04. The molecule has 1 aliphatic heterocycles. The Morgan fingerprint density at radius 2 is 2.05 bits per heavy atom. The van der Waals surface area contributed by atoms with Crippen molar-refractivity contribution in [3.8, 4) is 11.5 Å². The van der Waals surface area contributed by atoms with Crippen LogP contribution in [0.3, 0.4) is 0 Å². The van der Waals surface area contributed by atoms with Gasteiger partial charge in [0, 0.05) is 13.1 Å². The van der Waals surface area contributed by atoms with E-state index in [0.29, 0.717) is 13.2 Å². The van der Waals surface area contributed by atoms with Crippen LogP contribution in [0.5, 0.6) is 11.5 Å². The number of halogens is 1. The van der Waals surface area contributed by atoms with Gasteiger partial charge >= 0.3 is 0 Å². The van der Waals surface area contributed by atoms with Crippen LogP contribution in [0.1, 0.15) is 16.7 Å². The van der Waals surface area contributed by atoms with Gasteiger partial charge in [-0.1, -0.05) is 0 Å². The number of benzene rings is 1. The zero-order valence-electron chi connectivity index (χ0n) is 11.2. The van der Waals surface area contributed by atoms with Crippen molar-refractivity contribution in [2.24, 2.45) is 0 Å². The predicted octanol–water partition coefficient (Wildman–Crippen LogP) is 3.88. The Balaban J connectivity index is 1.66. The molecule has 2 aromatic rings. The van der Waals surface area contributed by atoms with Crippen molar-refractivity contribution in [3.63, 3.8) is 0 Å². The van der Waals surface area contributed by atoms with E-state index in [-0.39, 0.29) is 0 Å². The Morgan fingerprint density at radius 3 is 2.85 bits per heavy atom. The number of hydrogen-bond acceptors (Lipinski definition) is 4. The van der Waals surface area contributed by atoms with Crippen LogP contribution in [0, 0.1) is 6.92 Å². The first kappa shape index (κ1) is 13.9. The molecule has 0 atom stereocenters. The van der Waals surface area contributed by atoms with Gasteiger partial charge in [0.15, 0.2) is 11.5 Å². The third kappa shape index (κ3) is 3.00. The van der Waals surface area contributed by atoms with Gasteiger partial charge in [0.1, 0.15) is 13.2 Å². The average Bonchev–Trinajstić information content (AvgIpc) is 2.85. The molecule has 20 heavy (non-hydrogen) atoms. The summed E-state index contributed by atoms with van der Waals surface area (Å²) in [7, 11) is 0. The van der Waals surface area contributed by atoms with E-state index in [0.717, 1.165) is 29.1 Å². The van der Waals surface area contributed by atoms with Crippen LogP contribution in [0.4, 0.5) is 0 Å². The largest absolute Gasteiger partial charge is 0.486 e. The predicted molar refractivity (Wildman–Crippen MR) is 84.7 cm³/mol. The summed E-state index contributed by atoms with van der Waals surface area (Å²) in [6.07, 6.45) is 0. The summed E-state index contributed by atoms with van der Waals surface area (Å²) in [4.78, 5) is 0. The fourth-order valence-corrected chi connectivity index (χ4v) is 3.64. The molecule has 0 saturated heterocycles. The van der Waals surface area contributed by atoms with Gasteiger partial charge in [-0.25, -0.2) is 0 Å². The Bertz CT molecular complexity index is 612. The maximum atomic E-state index is 5.64. The molecule has 0 spiro atoms. The van der Waals surface area contributed by atoms with E-state index in [1.165, 1.54) is 16.7 Å². The summed E-state index contributed by atoms with van der Waals surface area (Å²) < 4.78 is 12.2. The summed E-state index contributed by atoms with van der Waals surface area (Å²) in [5, 5.41) is 7.84. The van der Waals surface area contributed by atoms with Gasteiger partial charge in [0.05, 0.1) is 4.47 Å². The van der Waals surface area contributed by atoms with Gasteiger partial charge in [-0.05, 0) is 62.4 Å². The normalized spacial score (nSPS) is 13.5. The third-order valence-corrected chi connectivity index (χ3v) is 4.76. The minimum Gasteiger partial charge on any atom is -0.486 e. The highest BCUT2D eigenvalue weighted by Gasteiger charge is 2.16. The smallest absolute Gasteiger partial charge is 0.175 e. The maximum absolute atomic E-state index is 5.64. The maximum Gasteiger partial charge on any atom is 0.175 e. The number of thiophene rings is 1. The summed E-state index contributed by atoms with van der Waals surface area (Å²) in [5.41, 5.74) is 3.91. The van der Waals surface area contributed by atoms with E-state index in [9.17, 15) is 0 Å². The molecule has 0 fully saturated rings. The molecule has 1 aromatic carbocycles. The number of aryl methyl sites for hydroxylation is 1. The monoisotopic (exact) mass is 353 g/mol. The van der Waals surface area contributed by atoms with E-state index in [2.05, 4.69) is 45.0 Å². The molecule has 0 radical (unpaired) electrons. The highest BCUT2D eigenvalue weighted by Crippen LogP contribution is 2.38. The number of hydrogen-bond donors (Lipinski definition) is 1. The molecule has 0 bridgehead atoms. The first-order valence-corrected chi connectivity index (χ1v) is 8.28. The Kier molecular flexibility index (Phi) is 4.29. The van der Waals surface area contributed by atoms with Crippen LogP contribution in [-0.4, -0.2) is 13.2 Å². The van der Waals surface area contributed by atoms with Gasteiger partial charge in [-0.3, -0.25) is 0 Å². The minimum atomic E-state index is 0.612. The van der Waals surface area contributed by atoms with Gasteiger partial charge in [0.25, 0.3) is 0 Å². The Labute approximate surface area is 131 Å². The van der Waals surface area contributed by atoms with E-state index < -0.39 is 0 Å². The van der Waals surface area contributed by atoms with Crippen LogP contribution in [0.25, 0.3) is 0 Å². The lowest BCUT2D eigenvalue weighted by Gasteiger charge is -2.20. The molecule has 106 valence electrons. The lowest BCUT2D eigenvalue weighted by molar-refractivity contribution is 0.170. The van der Waals surface area contributed by atoms with Crippen LogP contribution in [0.15, 0.2) is 27.4 Å². The van der Waals surface area contributed by atoms with Crippen LogP contribution in [-0.2, 0) is 13.1 Å². The van der Waals surface area contributed by atoms with Crippen molar-refractivity contribution < 1.29 is 9.47 Å². The molecular weight excluding hydrogens is 338 g/mol. The van der Waals surface area contributed by atoms with Crippen molar-refractivity contribution in [2.45, 2.75) is 20.0 Å². The molecule has 0 aliphatic carbocycles. The summed E-state index contributed by atoms with van der Waals surface area (Å²) in [6, 6.07) is 4.13. The quantitative estimate of drug-likeness (QED) is 0.904. The number of nitrogens with one attached hydrogen (secondary N) is 1. The minimum absolute atomic E-state index is 0.612. The fourth-order valence-electron chi connectivity index (χ4n) is 2.18. The van der Waals surface area contributed by atoms with Gasteiger partial charge < -0.3 is 14.8 Å². The number of fused-ring (bicyclic) bond motifs is 1. The topological polar surface area (TPSA) is 30.5 Å². The van der Waals surface area contributed by atoms with Gasteiger partial charge in [0.2, 0.25) is 0 Å². The molecule has 5 heteroatoms. The highest BCUT2D eigenvalue weighted by molar-refractivity contribution is 9.10. The third-order valence-electron chi connectivity index (χ3n) is 3.26. The fraction of sp³-hybridized carbons (Fsp3) is 0.333. The highest BCUT2D eigenvalue weighted by atomic mass is 79.9. The second kappa shape index (κ2) is 6.16.